The summed E-state index contributed by atoms with van der Waals surface area (Å²) in [6.07, 6.45) is 4.19. The van der Waals surface area contributed by atoms with Gasteiger partial charge in [-0.25, -0.2) is 0 Å². The molecule has 0 aliphatic carbocycles. The molecule has 0 unspecified atom stereocenters. The fourth-order valence-corrected chi connectivity index (χ4v) is 5.76. The molecule has 24 heavy (non-hydrogen) atoms. The van der Waals surface area contributed by atoms with Crippen molar-refractivity contribution in [2.24, 2.45) is 0 Å². The summed E-state index contributed by atoms with van der Waals surface area (Å²) < 4.78 is 35.0. The number of hydrogen-bond donors (Lipinski definition) is 0. The second-order valence-corrected chi connectivity index (χ2v) is 8.43. The molecule has 0 amide bonds. The Balaban J connectivity index is 1.53. The van der Waals surface area contributed by atoms with Crippen LogP contribution in [0.15, 0.2) is 53.1 Å². The van der Waals surface area contributed by atoms with Crippen molar-refractivity contribution in [1.82, 2.24) is 8.61 Å². The van der Waals surface area contributed by atoms with E-state index in [-0.39, 0.29) is 12.0 Å². The zero-order valence-corrected chi connectivity index (χ0v) is 14.4. The van der Waals surface area contributed by atoms with Crippen molar-refractivity contribution in [3.05, 3.63) is 60.1 Å². The van der Waals surface area contributed by atoms with Gasteiger partial charge in [-0.1, -0.05) is 30.3 Å². The zero-order chi connectivity index (χ0) is 16.6. The van der Waals surface area contributed by atoms with E-state index < -0.39 is 10.2 Å². The molecule has 2 aliphatic rings. The first-order chi connectivity index (χ1) is 11.7. The first-order valence-corrected chi connectivity index (χ1v) is 9.91. The maximum atomic E-state index is 13.1. The molecule has 5 nitrogen and oxygen atoms in total. The normalized spacial score (nSPS) is 26.2. The fraction of sp³-hybridized carbons (Fsp3) is 0.444. The predicted molar refractivity (Wildman–Crippen MR) is 91.7 cm³/mol. The first-order valence-electron chi connectivity index (χ1n) is 8.51. The number of furan rings is 1. The molecule has 0 bridgehead atoms. The Morgan fingerprint density at radius 2 is 1.83 bits per heavy atom. The average molecular weight is 346 g/mol. The molecule has 0 spiro atoms. The van der Waals surface area contributed by atoms with Crippen molar-refractivity contribution in [3.8, 4) is 0 Å². The van der Waals surface area contributed by atoms with Crippen LogP contribution in [0.3, 0.4) is 0 Å². The average Bonchev–Trinajstić information content (AvgIpc) is 3.35. The molecule has 2 atom stereocenters. The predicted octanol–water partition coefficient (Wildman–Crippen LogP) is 3.15. The van der Waals surface area contributed by atoms with Crippen LogP contribution >= 0.6 is 0 Å². The van der Waals surface area contributed by atoms with Gasteiger partial charge in [0.25, 0.3) is 10.2 Å². The highest BCUT2D eigenvalue weighted by Gasteiger charge is 2.42. The zero-order valence-electron chi connectivity index (χ0n) is 13.5. The molecule has 0 N–H and O–H groups in total. The minimum atomic E-state index is -3.45. The third kappa shape index (κ3) is 2.79. The second-order valence-electron chi connectivity index (χ2n) is 6.55. The maximum absolute atomic E-state index is 13.1. The van der Waals surface area contributed by atoms with Crippen LogP contribution in [-0.2, 0) is 10.2 Å². The summed E-state index contributed by atoms with van der Waals surface area (Å²) in [6.45, 7) is 1.72. The highest BCUT2D eigenvalue weighted by atomic mass is 32.2. The van der Waals surface area contributed by atoms with Crippen LogP contribution < -0.4 is 0 Å². The Hall–Kier alpha value is -1.63. The van der Waals surface area contributed by atoms with E-state index in [4.69, 9.17) is 4.42 Å². The monoisotopic (exact) mass is 346 g/mol. The van der Waals surface area contributed by atoms with Crippen LogP contribution in [-0.4, -0.2) is 36.7 Å². The largest absolute Gasteiger partial charge is 0.468 e. The van der Waals surface area contributed by atoms with Crippen molar-refractivity contribution >= 4 is 10.2 Å². The lowest BCUT2D eigenvalue weighted by atomic mass is 9.99. The number of hydrogen-bond acceptors (Lipinski definition) is 3. The smallest absolute Gasteiger partial charge is 0.282 e. The van der Waals surface area contributed by atoms with Gasteiger partial charge in [0.15, 0.2) is 0 Å². The summed E-state index contributed by atoms with van der Waals surface area (Å²) in [5.74, 6) is 1.03. The molecule has 2 aliphatic heterocycles. The van der Waals surface area contributed by atoms with E-state index in [2.05, 4.69) is 12.1 Å². The Morgan fingerprint density at radius 3 is 2.58 bits per heavy atom. The molecule has 2 saturated heterocycles. The quantitative estimate of drug-likeness (QED) is 0.854. The Morgan fingerprint density at radius 1 is 1.00 bits per heavy atom. The topological polar surface area (TPSA) is 53.8 Å². The number of nitrogens with zero attached hydrogens (tertiary/aromatic N) is 2. The molecule has 6 heteroatoms. The highest BCUT2D eigenvalue weighted by molar-refractivity contribution is 7.86. The van der Waals surface area contributed by atoms with Crippen LogP contribution in [0.5, 0.6) is 0 Å². The van der Waals surface area contributed by atoms with Gasteiger partial charge in [-0.2, -0.15) is 17.0 Å². The first kappa shape index (κ1) is 15.9. The summed E-state index contributed by atoms with van der Waals surface area (Å²) in [5, 5.41) is 0. The molecule has 4 rings (SSSR count). The van der Waals surface area contributed by atoms with Gasteiger partial charge in [-0.3, -0.25) is 0 Å². The molecule has 3 heterocycles. The van der Waals surface area contributed by atoms with Gasteiger partial charge in [0.05, 0.1) is 12.3 Å². The van der Waals surface area contributed by atoms with Crippen molar-refractivity contribution in [3.63, 3.8) is 0 Å². The van der Waals surface area contributed by atoms with E-state index >= 15 is 0 Å². The van der Waals surface area contributed by atoms with E-state index in [0.29, 0.717) is 19.6 Å². The summed E-state index contributed by atoms with van der Waals surface area (Å²) in [5.41, 5.74) is 1.22. The van der Waals surface area contributed by atoms with Crippen LogP contribution in [0.25, 0.3) is 0 Å². The van der Waals surface area contributed by atoms with Crippen molar-refractivity contribution in [2.45, 2.75) is 31.2 Å². The Kier molecular flexibility index (Phi) is 4.20. The number of rotatable bonds is 4. The summed E-state index contributed by atoms with van der Waals surface area (Å²) >= 11 is 0. The van der Waals surface area contributed by atoms with Gasteiger partial charge >= 0.3 is 0 Å². The van der Waals surface area contributed by atoms with Gasteiger partial charge in [0.2, 0.25) is 0 Å². The van der Waals surface area contributed by atoms with Crippen LogP contribution in [0.4, 0.5) is 0 Å². The molecule has 128 valence electrons. The minimum absolute atomic E-state index is 0.166. The standard InChI is InChI=1S/C18H22N2O3S/c21-24(22,20-11-4-8-17(20)18-9-5-13-23-18)19-12-10-16(14-19)15-6-2-1-3-7-15/h1-3,5-7,9,13,16-17H,4,8,10-12,14H2/t16-,17+/m1/s1. The van der Waals surface area contributed by atoms with E-state index in [9.17, 15) is 8.42 Å². The number of benzene rings is 1. The SMILES string of the molecule is O=S(=O)(N1CC[C@@H](c2ccccc2)C1)N1CCC[C@H]1c1ccco1. The van der Waals surface area contributed by atoms with Gasteiger partial charge < -0.3 is 4.42 Å². The molecular formula is C18H22N2O3S. The lowest BCUT2D eigenvalue weighted by Gasteiger charge is -2.27. The summed E-state index contributed by atoms with van der Waals surface area (Å²) in [7, 11) is -3.45. The minimum Gasteiger partial charge on any atom is -0.468 e. The second kappa shape index (κ2) is 6.35. The lowest BCUT2D eigenvalue weighted by Crippen LogP contribution is -2.42. The molecule has 1 aromatic carbocycles. The van der Waals surface area contributed by atoms with Gasteiger partial charge in [-0.15, -0.1) is 0 Å². The fourth-order valence-electron chi connectivity index (χ4n) is 3.86. The Bertz CT molecular complexity index is 774. The van der Waals surface area contributed by atoms with Crippen molar-refractivity contribution in [2.75, 3.05) is 19.6 Å². The highest BCUT2D eigenvalue weighted by Crippen LogP contribution is 2.38. The Labute approximate surface area is 143 Å². The maximum Gasteiger partial charge on any atom is 0.282 e. The van der Waals surface area contributed by atoms with Gasteiger partial charge in [0, 0.05) is 19.6 Å². The lowest BCUT2D eigenvalue weighted by molar-refractivity contribution is 0.312. The van der Waals surface area contributed by atoms with E-state index in [1.54, 1.807) is 14.9 Å². The molecule has 2 fully saturated rings. The third-order valence-electron chi connectivity index (χ3n) is 5.12. The molecule has 2 aromatic rings. The molecule has 1 aromatic heterocycles. The molecular weight excluding hydrogens is 324 g/mol. The third-order valence-corrected chi connectivity index (χ3v) is 7.13. The molecule has 0 radical (unpaired) electrons. The van der Waals surface area contributed by atoms with Gasteiger partial charge in [0.1, 0.15) is 5.76 Å². The van der Waals surface area contributed by atoms with Crippen LogP contribution in [0.2, 0.25) is 0 Å². The summed E-state index contributed by atoms with van der Waals surface area (Å²) in [4.78, 5) is 0. The van der Waals surface area contributed by atoms with E-state index in [1.165, 1.54) is 5.56 Å². The van der Waals surface area contributed by atoms with E-state index in [1.807, 2.05) is 30.3 Å². The van der Waals surface area contributed by atoms with Crippen molar-refractivity contribution in [1.29, 1.82) is 0 Å². The van der Waals surface area contributed by atoms with Crippen molar-refractivity contribution < 1.29 is 12.8 Å². The van der Waals surface area contributed by atoms with Gasteiger partial charge in [-0.05, 0) is 42.9 Å². The summed E-state index contributed by atoms with van der Waals surface area (Å²) in [6, 6.07) is 13.7. The van der Waals surface area contributed by atoms with E-state index in [0.717, 1.165) is 25.0 Å². The van der Waals surface area contributed by atoms with Crippen LogP contribution in [0.1, 0.15) is 42.5 Å². The van der Waals surface area contributed by atoms with Crippen LogP contribution in [0, 0.1) is 0 Å². The molecule has 0 saturated carbocycles.